The summed E-state index contributed by atoms with van der Waals surface area (Å²) in [6.07, 6.45) is 3.17. The first-order valence-corrected chi connectivity index (χ1v) is 4.13. The number of aliphatic carboxylic acids is 1. The molecular weight excluding hydrogens is 180 g/mol. The van der Waals surface area contributed by atoms with E-state index in [1.54, 1.807) is 24.3 Å². The van der Waals surface area contributed by atoms with Crippen molar-refractivity contribution in [1.29, 1.82) is 0 Å². The number of rotatable bonds is 3. The van der Waals surface area contributed by atoms with Crippen LogP contribution in [0.15, 0.2) is 24.3 Å². The quantitative estimate of drug-likeness (QED) is 0.630. The number of anilines is 2. The fourth-order valence-corrected chi connectivity index (χ4v) is 1.03. The molecule has 5 N–H and O–H groups in total. The van der Waals surface area contributed by atoms with Crippen LogP contribution in [0.5, 0.6) is 0 Å². The maximum Gasteiger partial charge on any atom is 0.307 e. The molecular formula is C10H12N2O2. The highest BCUT2D eigenvalue weighted by Crippen LogP contribution is 2.20. The third-order valence-electron chi connectivity index (χ3n) is 1.76. The molecule has 4 heteroatoms. The number of benzene rings is 1. The van der Waals surface area contributed by atoms with E-state index in [9.17, 15) is 4.79 Å². The van der Waals surface area contributed by atoms with E-state index >= 15 is 0 Å². The highest BCUT2D eigenvalue weighted by Gasteiger charge is 1.98. The molecule has 0 heterocycles. The van der Waals surface area contributed by atoms with Gasteiger partial charge in [-0.2, -0.15) is 0 Å². The Balaban J connectivity index is 2.81. The highest BCUT2D eigenvalue weighted by atomic mass is 16.4. The SMILES string of the molecule is Nc1cccc(C=CCC(=O)O)c1N. The molecule has 0 aliphatic carbocycles. The Morgan fingerprint density at radius 1 is 1.43 bits per heavy atom. The number of para-hydroxylation sites is 1. The second-order valence-corrected chi connectivity index (χ2v) is 2.85. The summed E-state index contributed by atoms with van der Waals surface area (Å²) in [7, 11) is 0. The van der Waals surface area contributed by atoms with Crippen LogP contribution in [0.1, 0.15) is 12.0 Å². The van der Waals surface area contributed by atoms with Gasteiger partial charge in [0.1, 0.15) is 0 Å². The molecule has 4 nitrogen and oxygen atoms in total. The highest BCUT2D eigenvalue weighted by molar-refractivity contribution is 5.77. The van der Waals surface area contributed by atoms with Gasteiger partial charge < -0.3 is 16.6 Å². The van der Waals surface area contributed by atoms with Crippen LogP contribution in [0.3, 0.4) is 0 Å². The van der Waals surface area contributed by atoms with Gasteiger partial charge in [-0.15, -0.1) is 0 Å². The Hall–Kier alpha value is -1.97. The molecule has 1 rings (SSSR count). The van der Waals surface area contributed by atoms with E-state index in [1.165, 1.54) is 6.08 Å². The van der Waals surface area contributed by atoms with Gasteiger partial charge in [0, 0.05) is 0 Å². The van der Waals surface area contributed by atoms with Crippen LogP contribution in [-0.4, -0.2) is 11.1 Å². The number of carboxylic acid groups (broad SMARTS) is 1. The molecule has 0 atom stereocenters. The normalized spacial score (nSPS) is 10.6. The average Bonchev–Trinajstić information content (AvgIpc) is 2.12. The van der Waals surface area contributed by atoms with Gasteiger partial charge in [0.25, 0.3) is 0 Å². The number of hydrogen-bond donors (Lipinski definition) is 3. The van der Waals surface area contributed by atoms with Crippen LogP contribution >= 0.6 is 0 Å². The number of nitrogen functional groups attached to an aromatic ring is 2. The van der Waals surface area contributed by atoms with Crippen molar-refractivity contribution in [3.63, 3.8) is 0 Å². The van der Waals surface area contributed by atoms with E-state index in [0.717, 1.165) is 5.56 Å². The molecule has 0 unspecified atom stereocenters. The van der Waals surface area contributed by atoms with E-state index < -0.39 is 5.97 Å². The minimum atomic E-state index is -0.872. The van der Waals surface area contributed by atoms with Crippen LogP contribution in [0, 0.1) is 0 Å². The molecule has 0 aliphatic heterocycles. The van der Waals surface area contributed by atoms with Crippen molar-refractivity contribution < 1.29 is 9.90 Å². The van der Waals surface area contributed by atoms with Gasteiger partial charge >= 0.3 is 5.97 Å². The fourth-order valence-electron chi connectivity index (χ4n) is 1.03. The van der Waals surface area contributed by atoms with Gasteiger partial charge in [-0.3, -0.25) is 4.79 Å². The smallest absolute Gasteiger partial charge is 0.307 e. The van der Waals surface area contributed by atoms with Crippen molar-refractivity contribution in [2.24, 2.45) is 0 Å². The Bertz CT molecular complexity index is 372. The molecule has 0 saturated heterocycles. The average molecular weight is 192 g/mol. The lowest BCUT2D eigenvalue weighted by Crippen LogP contribution is -1.96. The maximum absolute atomic E-state index is 10.2. The maximum atomic E-state index is 10.2. The summed E-state index contributed by atoms with van der Waals surface area (Å²) < 4.78 is 0. The van der Waals surface area contributed by atoms with E-state index in [4.69, 9.17) is 16.6 Å². The lowest BCUT2D eigenvalue weighted by Gasteiger charge is -2.02. The van der Waals surface area contributed by atoms with Gasteiger partial charge in [0.15, 0.2) is 0 Å². The molecule has 0 aromatic heterocycles. The lowest BCUT2D eigenvalue weighted by atomic mass is 10.1. The summed E-state index contributed by atoms with van der Waals surface area (Å²) in [6.45, 7) is 0. The van der Waals surface area contributed by atoms with Gasteiger partial charge in [0.2, 0.25) is 0 Å². The molecule has 0 fully saturated rings. The minimum absolute atomic E-state index is 0.0196. The van der Waals surface area contributed by atoms with Crippen LogP contribution in [-0.2, 0) is 4.79 Å². The predicted octanol–water partition coefficient (Wildman–Crippen LogP) is 1.34. The number of carbonyl (C=O) groups is 1. The molecule has 0 amide bonds. The summed E-state index contributed by atoms with van der Waals surface area (Å²) in [6, 6.07) is 5.25. The largest absolute Gasteiger partial charge is 0.481 e. The Morgan fingerprint density at radius 3 is 2.79 bits per heavy atom. The van der Waals surface area contributed by atoms with Crippen molar-refractivity contribution in [3.8, 4) is 0 Å². The van der Waals surface area contributed by atoms with Gasteiger partial charge in [0.05, 0.1) is 17.8 Å². The summed E-state index contributed by atoms with van der Waals surface area (Å²) in [5.74, 6) is -0.872. The van der Waals surface area contributed by atoms with Crippen molar-refractivity contribution in [1.82, 2.24) is 0 Å². The molecule has 0 bridgehead atoms. The van der Waals surface area contributed by atoms with Gasteiger partial charge in [-0.25, -0.2) is 0 Å². The first kappa shape index (κ1) is 10.1. The van der Waals surface area contributed by atoms with Gasteiger partial charge in [-0.1, -0.05) is 24.3 Å². The molecule has 74 valence electrons. The second-order valence-electron chi connectivity index (χ2n) is 2.85. The zero-order valence-corrected chi connectivity index (χ0v) is 7.60. The molecule has 0 aliphatic rings. The number of carboxylic acids is 1. The summed E-state index contributed by atoms with van der Waals surface area (Å²) in [5, 5.41) is 8.41. The summed E-state index contributed by atoms with van der Waals surface area (Å²) in [5.41, 5.74) is 13.0. The third-order valence-corrected chi connectivity index (χ3v) is 1.76. The summed E-state index contributed by atoms with van der Waals surface area (Å²) in [4.78, 5) is 10.2. The summed E-state index contributed by atoms with van der Waals surface area (Å²) >= 11 is 0. The van der Waals surface area contributed by atoms with E-state index in [-0.39, 0.29) is 6.42 Å². The third kappa shape index (κ3) is 2.52. The lowest BCUT2D eigenvalue weighted by molar-refractivity contribution is -0.135. The van der Waals surface area contributed by atoms with Crippen LogP contribution in [0.4, 0.5) is 11.4 Å². The number of hydrogen-bond acceptors (Lipinski definition) is 3. The van der Waals surface area contributed by atoms with Crippen molar-refractivity contribution in [3.05, 3.63) is 29.8 Å². The van der Waals surface area contributed by atoms with Crippen molar-refractivity contribution in [2.45, 2.75) is 6.42 Å². The zero-order chi connectivity index (χ0) is 10.6. The second kappa shape index (κ2) is 4.32. The molecule has 0 saturated carbocycles. The number of nitrogens with two attached hydrogens (primary N) is 2. The Morgan fingerprint density at radius 2 is 2.14 bits per heavy atom. The molecule has 0 spiro atoms. The molecule has 14 heavy (non-hydrogen) atoms. The van der Waals surface area contributed by atoms with E-state index in [1.807, 2.05) is 0 Å². The van der Waals surface area contributed by atoms with Crippen LogP contribution in [0.25, 0.3) is 6.08 Å². The first-order valence-electron chi connectivity index (χ1n) is 4.13. The van der Waals surface area contributed by atoms with Crippen LogP contribution < -0.4 is 11.5 Å². The Labute approximate surface area is 81.8 Å². The topological polar surface area (TPSA) is 89.3 Å². The fraction of sp³-hybridized carbons (Fsp3) is 0.100. The Kier molecular flexibility index (Phi) is 3.12. The van der Waals surface area contributed by atoms with Crippen molar-refractivity contribution >= 4 is 23.4 Å². The molecule has 1 aromatic rings. The van der Waals surface area contributed by atoms with Crippen molar-refractivity contribution in [2.75, 3.05) is 11.5 Å². The predicted molar refractivity (Wildman–Crippen MR) is 56.6 cm³/mol. The zero-order valence-electron chi connectivity index (χ0n) is 7.60. The molecule has 1 aromatic carbocycles. The van der Waals surface area contributed by atoms with Gasteiger partial charge in [-0.05, 0) is 11.6 Å². The van der Waals surface area contributed by atoms with E-state index in [2.05, 4.69) is 0 Å². The minimum Gasteiger partial charge on any atom is -0.481 e. The van der Waals surface area contributed by atoms with Crippen LogP contribution in [0.2, 0.25) is 0 Å². The standard InChI is InChI=1S/C10H12N2O2/c11-8-5-1-3-7(10(8)12)4-2-6-9(13)14/h1-5H,6,11-12H2,(H,13,14). The monoisotopic (exact) mass is 192 g/mol. The van der Waals surface area contributed by atoms with E-state index in [0.29, 0.717) is 11.4 Å². The molecule has 0 radical (unpaired) electrons. The first-order chi connectivity index (χ1) is 6.61.